The van der Waals surface area contributed by atoms with Crippen LogP contribution in [0.25, 0.3) is 0 Å². The Morgan fingerprint density at radius 3 is 3.15 bits per heavy atom. The molecule has 2 aromatic heterocycles. The Bertz CT molecular complexity index is 767. The van der Waals surface area contributed by atoms with Crippen LogP contribution >= 0.6 is 11.3 Å². The van der Waals surface area contributed by atoms with Crippen molar-refractivity contribution >= 4 is 22.4 Å². The summed E-state index contributed by atoms with van der Waals surface area (Å²) < 4.78 is 19.2. The number of hydrogen-bond acceptors (Lipinski definition) is 6. The number of pyridine rings is 1. The van der Waals surface area contributed by atoms with Gasteiger partial charge >= 0.3 is 0 Å². The lowest BCUT2D eigenvalue weighted by Crippen LogP contribution is -2.35. The van der Waals surface area contributed by atoms with Crippen molar-refractivity contribution in [2.45, 2.75) is 32.7 Å². The standard InChI is InChI=1S/C18H23FN4O2S/c1-12(24)21-18-22-17(19)15(26-18)11-23-7-3-4-14(10-23)8-13-5-6-20-16(9-13)25-2/h5-6,9,14H,3-4,7-8,10-11H2,1-2H3,(H,21,22,24)/t14-/m1/s1. The van der Waals surface area contributed by atoms with E-state index < -0.39 is 5.95 Å². The lowest BCUT2D eigenvalue weighted by Gasteiger charge is -2.32. The number of ether oxygens (including phenoxy) is 1. The highest BCUT2D eigenvalue weighted by atomic mass is 32.1. The average Bonchev–Trinajstić information content (AvgIpc) is 2.93. The molecule has 2 aromatic rings. The molecule has 0 bridgehead atoms. The molecule has 1 aliphatic rings. The summed E-state index contributed by atoms with van der Waals surface area (Å²) in [7, 11) is 1.62. The summed E-state index contributed by atoms with van der Waals surface area (Å²) in [6.07, 6.45) is 4.97. The molecule has 0 radical (unpaired) electrons. The Morgan fingerprint density at radius 2 is 2.38 bits per heavy atom. The number of anilines is 1. The van der Waals surface area contributed by atoms with Gasteiger partial charge < -0.3 is 10.1 Å². The summed E-state index contributed by atoms with van der Waals surface area (Å²) in [5, 5.41) is 2.87. The molecule has 1 atom stereocenters. The third-order valence-corrected chi connectivity index (χ3v) is 5.37. The van der Waals surface area contributed by atoms with Crippen LogP contribution in [0.5, 0.6) is 5.88 Å². The van der Waals surface area contributed by atoms with Crippen LogP contribution in [0.1, 0.15) is 30.2 Å². The second-order valence-electron chi connectivity index (χ2n) is 6.57. The van der Waals surface area contributed by atoms with Gasteiger partial charge in [-0.2, -0.15) is 9.37 Å². The van der Waals surface area contributed by atoms with Crippen molar-refractivity contribution in [1.82, 2.24) is 14.9 Å². The van der Waals surface area contributed by atoms with Gasteiger partial charge in [0, 0.05) is 32.3 Å². The highest BCUT2D eigenvalue weighted by Gasteiger charge is 2.23. The predicted octanol–water partition coefficient (Wildman–Crippen LogP) is 3.10. The molecule has 26 heavy (non-hydrogen) atoms. The van der Waals surface area contributed by atoms with E-state index in [0.29, 0.717) is 28.4 Å². The van der Waals surface area contributed by atoms with E-state index in [1.807, 2.05) is 12.1 Å². The summed E-state index contributed by atoms with van der Waals surface area (Å²) in [6, 6.07) is 3.99. The zero-order valence-corrected chi connectivity index (χ0v) is 15.8. The molecule has 3 rings (SSSR count). The van der Waals surface area contributed by atoms with Gasteiger partial charge in [-0.1, -0.05) is 11.3 Å². The van der Waals surface area contributed by atoms with Crippen molar-refractivity contribution in [3.8, 4) is 5.88 Å². The quantitative estimate of drug-likeness (QED) is 0.837. The summed E-state index contributed by atoms with van der Waals surface area (Å²) >= 11 is 1.21. The number of carbonyl (C=O) groups is 1. The van der Waals surface area contributed by atoms with Gasteiger partial charge in [0.15, 0.2) is 5.13 Å². The number of halogens is 1. The fraction of sp³-hybridized carbons (Fsp3) is 0.500. The number of thiazole rings is 1. The molecular weight excluding hydrogens is 355 g/mol. The van der Waals surface area contributed by atoms with Crippen molar-refractivity contribution < 1.29 is 13.9 Å². The molecule has 0 aromatic carbocycles. The van der Waals surface area contributed by atoms with Crippen LogP contribution in [-0.2, 0) is 17.8 Å². The first kappa shape index (κ1) is 18.7. The topological polar surface area (TPSA) is 67.3 Å². The van der Waals surface area contributed by atoms with Crippen molar-refractivity contribution in [1.29, 1.82) is 0 Å². The second kappa shape index (κ2) is 8.55. The first-order chi connectivity index (χ1) is 12.5. The number of methoxy groups -OCH3 is 1. The average molecular weight is 378 g/mol. The van der Waals surface area contributed by atoms with Crippen LogP contribution in [0.15, 0.2) is 18.3 Å². The molecule has 140 valence electrons. The molecule has 8 heteroatoms. The SMILES string of the molecule is COc1cc(C[C@H]2CCCN(Cc3sc(NC(C)=O)nc3F)C2)ccn1. The molecule has 1 aliphatic heterocycles. The van der Waals surface area contributed by atoms with E-state index in [-0.39, 0.29) is 5.91 Å². The Hall–Kier alpha value is -2.06. The molecule has 1 amide bonds. The number of nitrogens with one attached hydrogen (secondary N) is 1. The molecule has 1 fully saturated rings. The zero-order chi connectivity index (χ0) is 18.5. The predicted molar refractivity (Wildman–Crippen MR) is 98.9 cm³/mol. The maximum Gasteiger partial charge on any atom is 0.230 e. The first-order valence-corrected chi connectivity index (χ1v) is 9.49. The molecule has 0 spiro atoms. The van der Waals surface area contributed by atoms with Crippen molar-refractivity contribution in [2.75, 3.05) is 25.5 Å². The van der Waals surface area contributed by atoms with Crippen LogP contribution in [0.4, 0.5) is 9.52 Å². The number of rotatable bonds is 6. The first-order valence-electron chi connectivity index (χ1n) is 8.67. The van der Waals surface area contributed by atoms with Crippen molar-refractivity contribution in [3.63, 3.8) is 0 Å². The van der Waals surface area contributed by atoms with Gasteiger partial charge in [-0.3, -0.25) is 9.69 Å². The smallest absolute Gasteiger partial charge is 0.230 e. The number of amides is 1. The van der Waals surface area contributed by atoms with Crippen LogP contribution in [-0.4, -0.2) is 41.0 Å². The van der Waals surface area contributed by atoms with E-state index in [4.69, 9.17) is 4.74 Å². The van der Waals surface area contributed by atoms with Gasteiger partial charge in [0.25, 0.3) is 0 Å². The highest BCUT2D eigenvalue weighted by Crippen LogP contribution is 2.27. The summed E-state index contributed by atoms with van der Waals surface area (Å²) in [4.78, 5) is 21.9. The number of nitrogens with zero attached hydrogens (tertiary/aromatic N) is 3. The summed E-state index contributed by atoms with van der Waals surface area (Å²) in [5.41, 5.74) is 1.21. The molecule has 1 saturated heterocycles. The van der Waals surface area contributed by atoms with Gasteiger partial charge in [0.1, 0.15) is 0 Å². The second-order valence-corrected chi connectivity index (χ2v) is 7.65. The fourth-order valence-electron chi connectivity index (χ4n) is 3.32. The maximum atomic E-state index is 14.0. The number of likely N-dealkylation sites (tertiary alicyclic amines) is 1. The normalized spacial score (nSPS) is 17.9. The van der Waals surface area contributed by atoms with Gasteiger partial charge in [-0.15, -0.1) is 0 Å². The summed E-state index contributed by atoms with van der Waals surface area (Å²) in [5.74, 6) is 0.421. The highest BCUT2D eigenvalue weighted by molar-refractivity contribution is 7.15. The van der Waals surface area contributed by atoms with E-state index in [2.05, 4.69) is 20.2 Å². The molecule has 1 N–H and O–H groups in total. The maximum absolute atomic E-state index is 14.0. The third-order valence-electron chi connectivity index (χ3n) is 4.44. The monoisotopic (exact) mass is 378 g/mol. The van der Waals surface area contributed by atoms with Gasteiger partial charge in [-0.05, 0) is 43.4 Å². The lowest BCUT2D eigenvalue weighted by molar-refractivity contribution is -0.114. The minimum absolute atomic E-state index is 0.240. The van der Waals surface area contributed by atoms with Gasteiger partial charge in [-0.25, -0.2) is 4.98 Å². The molecule has 0 saturated carbocycles. The number of hydrogen-bond donors (Lipinski definition) is 1. The van der Waals surface area contributed by atoms with Crippen LogP contribution in [0, 0.1) is 11.9 Å². The third kappa shape index (κ3) is 4.98. The van der Waals surface area contributed by atoms with E-state index in [1.54, 1.807) is 13.3 Å². The Kier molecular flexibility index (Phi) is 6.16. The van der Waals surface area contributed by atoms with Crippen molar-refractivity contribution in [2.24, 2.45) is 5.92 Å². The summed E-state index contributed by atoms with van der Waals surface area (Å²) in [6.45, 7) is 3.78. The lowest BCUT2D eigenvalue weighted by atomic mass is 9.91. The molecular formula is C18H23FN4O2S. The van der Waals surface area contributed by atoms with Gasteiger partial charge in [0.2, 0.25) is 17.7 Å². The van der Waals surface area contributed by atoms with Crippen LogP contribution < -0.4 is 10.1 Å². The number of piperidine rings is 1. The van der Waals surface area contributed by atoms with E-state index in [9.17, 15) is 9.18 Å². The van der Waals surface area contributed by atoms with E-state index in [0.717, 1.165) is 32.4 Å². The van der Waals surface area contributed by atoms with Crippen LogP contribution in [0.2, 0.25) is 0 Å². The van der Waals surface area contributed by atoms with Crippen molar-refractivity contribution in [3.05, 3.63) is 34.7 Å². The molecule has 6 nitrogen and oxygen atoms in total. The van der Waals surface area contributed by atoms with Gasteiger partial charge in [0.05, 0.1) is 12.0 Å². The largest absolute Gasteiger partial charge is 0.481 e. The minimum Gasteiger partial charge on any atom is -0.481 e. The molecule has 3 heterocycles. The fourth-order valence-corrected chi connectivity index (χ4v) is 4.25. The Balaban J connectivity index is 1.60. The number of carbonyl (C=O) groups excluding carboxylic acids is 1. The molecule has 0 aliphatic carbocycles. The van der Waals surface area contributed by atoms with E-state index in [1.165, 1.54) is 23.8 Å². The molecule has 0 unspecified atom stereocenters. The minimum atomic E-state index is -0.486. The zero-order valence-electron chi connectivity index (χ0n) is 15.0. The Labute approximate surface area is 156 Å². The van der Waals surface area contributed by atoms with E-state index >= 15 is 0 Å². The van der Waals surface area contributed by atoms with Crippen LogP contribution in [0.3, 0.4) is 0 Å². The Morgan fingerprint density at radius 1 is 1.54 bits per heavy atom. The number of aromatic nitrogens is 2.